The van der Waals surface area contributed by atoms with E-state index in [1.807, 2.05) is 12.4 Å². The van der Waals surface area contributed by atoms with E-state index < -0.39 is 0 Å². The summed E-state index contributed by atoms with van der Waals surface area (Å²) in [5.74, 6) is 0. The fraction of sp³-hybridized carbons (Fsp3) is 0.348. The van der Waals surface area contributed by atoms with Crippen LogP contribution in [-0.2, 0) is 13.0 Å². The maximum atomic E-state index is 4.17. The van der Waals surface area contributed by atoms with Crippen molar-refractivity contribution < 1.29 is 0 Å². The standard InChI is InChI=1S/C23H28N2/c1-19(8-4-2-5-9-20-10-6-3-7-11-20)25-17-21-12-13-23-18-24-15-14-22(23)16-21/h3,6-7,10-16,18-19,25H,2,4-5,8-9,17H2,1H3/t19-/m1/s1. The van der Waals surface area contributed by atoms with Gasteiger partial charge in [-0.05, 0) is 54.8 Å². The van der Waals surface area contributed by atoms with Gasteiger partial charge >= 0.3 is 0 Å². The molecule has 1 atom stereocenters. The smallest absolute Gasteiger partial charge is 0.0346 e. The number of hydrogen-bond acceptors (Lipinski definition) is 2. The molecule has 0 unspecified atom stereocenters. The summed E-state index contributed by atoms with van der Waals surface area (Å²) < 4.78 is 0. The molecule has 0 bridgehead atoms. The first-order valence-corrected chi connectivity index (χ1v) is 9.41. The van der Waals surface area contributed by atoms with Gasteiger partial charge in [-0.3, -0.25) is 4.98 Å². The summed E-state index contributed by atoms with van der Waals surface area (Å²) in [5.41, 5.74) is 2.80. The second-order valence-corrected chi connectivity index (χ2v) is 6.92. The summed E-state index contributed by atoms with van der Waals surface area (Å²) in [6.07, 6.45) is 10.1. The van der Waals surface area contributed by atoms with Crippen LogP contribution in [0.2, 0.25) is 0 Å². The highest BCUT2D eigenvalue weighted by atomic mass is 14.9. The van der Waals surface area contributed by atoms with Crippen molar-refractivity contribution in [2.24, 2.45) is 0 Å². The van der Waals surface area contributed by atoms with Crippen LogP contribution in [-0.4, -0.2) is 11.0 Å². The van der Waals surface area contributed by atoms with E-state index in [-0.39, 0.29) is 0 Å². The molecule has 3 aromatic rings. The minimum absolute atomic E-state index is 0.560. The van der Waals surface area contributed by atoms with Crippen LogP contribution in [0.15, 0.2) is 67.0 Å². The Bertz CT molecular complexity index is 767. The van der Waals surface area contributed by atoms with Crippen molar-refractivity contribution in [3.8, 4) is 0 Å². The fourth-order valence-electron chi connectivity index (χ4n) is 3.24. The Hall–Kier alpha value is -2.19. The molecule has 0 radical (unpaired) electrons. The molecule has 2 heteroatoms. The largest absolute Gasteiger partial charge is 0.310 e. The minimum Gasteiger partial charge on any atom is -0.310 e. The molecule has 1 aromatic heterocycles. The number of fused-ring (bicyclic) bond motifs is 1. The lowest BCUT2D eigenvalue weighted by Gasteiger charge is -2.14. The SMILES string of the molecule is C[C@H](CCCCCc1ccccc1)NCc1ccc2cnccc2c1. The van der Waals surface area contributed by atoms with Gasteiger partial charge in [-0.2, -0.15) is 0 Å². The van der Waals surface area contributed by atoms with Gasteiger partial charge in [-0.15, -0.1) is 0 Å². The molecule has 0 aliphatic heterocycles. The van der Waals surface area contributed by atoms with E-state index in [9.17, 15) is 0 Å². The van der Waals surface area contributed by atoms with E-state index in [1.165, 1.54) is 54.0 Å². The first-order valence-electron chi connectivity index (χ1n) is 9.41. The Morgan fingerprint density at radius 1 is 0.880 bits per heavy atom. The Kier molecular flexibility index (Phi) is 6.58. The van der Waals surface area contributed by atoms with Gasteiger partial charge in [0.25, 0.3) is 0 Å². The minimum atomic E-state index is 0.560. The first kappa shape index (κ1) is 17.6. The number of aryl methyl sites for hydroxylation is 1. The predicted molar refractivity (Wildman–Crippen MR) is 107 cm³/mol. The number of benzene rings is 2. The summed E-state index contributed by atoms with van der Waals surface area (Å²) in [4.78, 5) is 4.17. The summed E-state index contributed by atoms with van der Waals surface area (Å²) in [5, 5.41) is 6.13. The molecule has 1 heterocycles. The number of hydrogen-bond donors (Lipinski definition) is 1. The topological polar surface area (TPSA) is 24.9 Å². The van der Waals surface area contributed by atoms with Crippen LogP contribution in [0, 0.1) is 0 Å². The van der Waals surface area contributed by atoms with E-state index in [4.69, 9.17) is 0 Å². The van der Waals surface area contributed by atoms with Gasteiger partial charge in [0.15, 0.2) is 0 Å². The molecule has 2 aromatic carbocycles. The fourth-order valence-corrected chi connectivity index (χ4v) is 3.24. The quantitative estimate of drug-likeness (QED) is 0.522. The maximum Gasteiger partial charge on any atom is 0.0346 e. The molecule has 0 amide bonds. The van der Waals surface area contributed by atoms with Crippen LogP contribution in [0.4, 0.5) is 0 Å². The normalized spacial score (nSPS) is 12.4. The molecule has 130 valence electrons. The summed E-state index contributed by atoms with van der Waals surface area (Å²) in [7, 11) is 0. The van der Waals surface area contributed by atoms with Crippen LogP contribution >= 0.6 is 0 Å². The van der Waals surface area contributed by atoms with Gasteiger partial charge in [-0.1, -0.05) is 55.3 Å². The monoisotopic (exact) mass is 332 g/mol. The Morgan fingerprint density at radius 2 is 1.76 bits per heavy atom. The molecule has 0 aliphatic carbocycles. The van der Waals surface area contributed by atoms with Crippen molar-refractivity contribution in [3.05, 3.63) is 78.1 Å². The van der Waals surface area contributed by atoms with Gasteiger partial charge in [0.05, 0.1) is 0 Å². The van der Waals surface area contributed by atoms with Crippen LogP contribution < -0.4 is 5.32 Å². The van der Waals surface area contributed by atoms with Gasteiger partial charge in [0.2, 0.25) is 0 Å². The average Bonchev–Trinajstić information content (AvgIpc) is 2.67. The molecule has 0 saturated carbocycles. The number of unbranched alkanes of at least 4 members (excludes halogenated alkanes) is 2. The lowest BCUT2D eigenvalue weighted by molar-refractivity contribution is 0.484. The lowest BCUT2D eigenvalue weighted by atomic mass is 10.0. The van der Waals surface area contributed by atoms with E-state index in [0.717, 1.165) is 6.54 Å². The van der Waals surface area contributed by atoms with Crippen molar-refractivity contribution in [1.29, 1.82) is 0 Å². The predicted octanol–water partition coefficient (Wildman–Crippen LogP) is 5.52. The van der Waals surface area contributed by atoms with Crippen molar-refractivity contribution in [1.82, 2.24) is 10.3 Å². The van der Waals surface area contributed by atoms with Crippen molar-refractivity contribution in [2.45, 2.75) is 51.6 Å². The highest BCUT2D eigenvalue weighted by molar-refractivity contribution is 5.81. The summed E-state index contributed by atoms with van der Waals surface area (Å²) >= 11 is 0. The third kappa shape index (κ3) is 5.68. The Labute approximate surface area is 151 Å². The molecular weight excluding hydrogens is 304 g/mol. The van der Waals surface area contributed by atoms with Crippen LogP contribution in [0.5, 0.6) is 0 Å². The average molecular weight is 332 g/mol. The third-order valence-electron chi connectivity index (χ3n) is 4.81. The number of pyridine rings is 1. The van der Waals surface area contributed by atoms with Crippen molar-refractivity contribution in [3.63, 3.8) is 0 Å². The number of nitrogens with zero attached hydrogens (tertiary/aromatic N) is 1. The number of aromatic nitrogens is 1. The lowest BCUT2D eigenvalue weighted by Crippen LogP contribution is -2.25. The van der Waals surface area contributed by atoms with Crippen molar-refractivity contribution in [2.75, 3.05) is 0 Å². The number of rotatable bonds is 9. The Morgan fingerprint density at radius 3 is 2.64 bits per heavy atom. The highest BCUT2D eigenvalue weighted by Crippen LogP contribution is 2.15. The summed E-state index contributed by atoms with van der Waals surface area (Å²) in [6, 6.07) is 20.1. The van der Waals surface area contributed by atoms with Crippen LogP contribution in [0.3, 0.4) is 0 Å². The van der Waals surface area contributed by atoms with E-state index in [0.29, 0.717) is 6.04 Å². The van der Waals surface area contributed by atoms with Gasteiger partial charge in [0.1, 0.15) is 0 Å². The Balaban J connectivity index is 1.34. The maximum absolute atomic E-state index is 4.17. The molecule has 0 aliphatic rings. The summed E-state index contributed by atoms with van der Waals surface area (Å²) in [6.45, 7) is 3.23. The molecule has 2 nitrogen and oxygen atoms in total. The molecule has 0 spiro atoms. The molecule has 25 heavy (non-hydrogen) atoms. The van der Waals surface area contributed by atoms with Crippen molar-refractivity contribution >= 4 is 10.8 Å². The van der Waals surface area contributed by atoms with Gasteiger partial charge in [-0.25, -0.2) is 0 Å². The molecule has 0 saturated heterocycles. The van der Waals surface area contributed by atoms with Gasteiger partial charge in [0, 0.05) is 30.4 Å². The second kappa shape index (κ2) is 9.33. The second-order valence-electron chi connectivity index (χ2n) is 6.92. The van der Waals surface area contributed by atoms with Crippen LogP contribution in [0.1, 0.15) is 43.7 Å². The van der Waals surface area contributed by atoms with E-state index in [2.05, 4.69) is 71.8 Å². The number of nitrogens with one attached hydrogen (secondary N) is 1. The molecule has 0 fully saturated rings. The third-order valence-corrected chi connectivity index (χ3v) is 4.81. The molecule has 1 N–H and O–H groups in total. The molecular formula is C23H28N2. The zero-order valence-corrected chi connectivity index (χ0v) is 15.1. The van der Waals surface area contributed by atoms with Gasteiger partial charge < -0.3 is 5.32 Å². The zero-order chi connectivity index (χ0) is 17.3. The first-order chi connectivity index (χ1) is 12.3. The highest BCUT2D eigenvalue weighted by Gasteiger charge is 2.03. The van der Waals surface area contributed by atoms with E-state index >= 15 is 0 Å². The zero-order valence-electron chi connectivity index (χ0n) is 15.1. The molecule has 3 rings (SSSR count). The van der Waals surface area contributed by atoms with E-state index in [1.54, 1.807) is 0 Å². The van der Waals surface area contributed by atoms with Crippen LogP contribution in [0.25, 0.3) is 10.8 Å².